The lowest BCUT2D eigenvalue weighted by Crippen LogP contribution is -2.27. The van der Waals surface area contributed by atoms with Crippen molar-refractivity contribution < 1.29 is 8.42 Å². The van der Waals surface area contributed by atoms with E-state index in [9.17, 15) is 8.42 Å². The van der Waals surface area contributed by atoms with Crippen molar-refractivity contribution in [3.8, 4) is 0 Å². The predicted octanol–water partition coefficient (Wildman–Crippen LogP) is 0.402. The van der Waals surface area contributed by atoms with Crippen LogP contribution in [0.5, 0.6) is 0 Å². The summed E-state index contributed by atoms with van der Waals surface area (Å²) in [6, 6.07) is 1.71. The minimum absolute atomic E-state index is 0.306. The highest BCUT2D eigenvalue weighted by atomic mass is 32.2. The summed E-state index contributed by atoms with van der Waals surface area (Å²) in [6.45, 7) is 4.25. The van der Waals surface area contributed by atoms with E-state index < -0.39 is 10.0 Å². The third-order valence-corrected chi connectivity index (χ3v) is 4.62. The lowest BCUT2D eigenvalue weighted by Gasteiger charge is -2.05. The molecule has 8 heteroatoms. The molecule has 0 unspecified atom stereocenters. The first kappa shape index (κ1) is 15.7. The third kappa shape index (κ3) is 3.93. The Morgan fingerprint density at radius 2 is 2.19 bits per heavy atom. The van der Waals surface area contributed by atoms with Crippen molar-refractivity contribution in [3.05, 3.63) is 36.7 Å². The average molecular weight is 311 g/mol. The molecule has 0 aliphatic rings. The first-order valence-electron chi connectivity index (χ1n) is 6.86. The van der Waals surface area contributed by atoms with Crippen LogP contribution >= 0.6 is 0 Å². The highest BCUT2D eigenvalue weighted by Crippen LogP contribution is 2.14. The number of hydrogen-bond acceptors (Lipinski definition) is 4. The number of aryl methyl sites for hydroxylation is 1. The Bertz CT molecular complexity index is 661. The van der Waals surface area contributed by atoms with E-state index in [1.54, 1.807) is 31.0 Å². The van der Waals surface area contributed by atoms with Gasteiger partial charge < -0.3 is 14.5 Å². The van der Waals surface area contributed by atoms with Crippen LogP contribution in [0.1, 0.15) is 12.6 Å². The van der Waals surface area contributed by atoms with Gasteiger partial charge in [-0.15, -0.1) is 0 Å². The number of sulfonamides is 1. The lowest BCUT2D eigenvalue weighted by molar-refractivity contribution is 0.572. The van der Waals surface area contributed by atoms with Crippen LogP contribution in [-0.2, 0) is 29.7 Å². The maximum absolute atomic E-state index is 12.3. The molecule has 21 heavy (non-hydrogen) atoms. The molecule has 0 amide bonds. The predicted molar refractivity (Wildman–Crippen MR) is 80.3 cm³/mol. The number of imidazole rings is 1. The summed E-state index contributed by atoms with van der Waals surface area (Å²) < 4.78 is 30.9. The molecule has 0 aliphatic heterocycles. The Morgan fingerprint density at radius 1 is 1.38 bits per heavy atom. The first-order valence-corrected chi connectivity index (χ1v) is 8.34. The number of rotatable bonds is 8. The summed E-state index contributed by atoms with van der Waals surface area (Å²) in [5.74, 6) is 0. The van der Waals surface area contributed by atoms with Crippen LogP contribution in [0.25, 0.3) is 0 Å². The summed E-state index contributed by atoms with van der Waals surface area (Å²) >= 11 is 0. The summed E-state index contributed by atoms with van der Waals surface area (Å²) in [6.07, 6.45) is 6.80. The lowest BCUT2D eigenvalue weighted by atomic mass is 10.4. The summed E-state index contributed by atoms with van der Waals surface area (Å²) in [5.41, 5.74) is 0.954. The van der Waals surface area contributed by atoms with Gasteiger partial charge in [0.15, 0.2) is 0 Å². The van der Waals surface area contributed by atoms with Gasteiger partial charge in [0.05, 0.1) is 11.2 Å². The summed E-state index contributed by atoms with van der Waals surface area (Å²) in [7, 11) is -1.64. The van der Waals surface area contributed by atoms with Crippen LogP contribution in [0, 0.1) is 0 Å². The quantitative estimate of drug-likeness (QED) is 0.739. The zero-order chi connectivity index (χ0) is 15.3. The van der Waals surface area contributed by atoms with E-state index in [-0.39, 0.29) is 0 Å². The van der Waals surface area contributed by atoms with E-state index >= 15 is 0 Å². The average Bonchev–Trinajstić information content (AvgIpc) is 3.08. The van der Waals surface area contributed by atoms with Gasteiger partial charge in [-0.3, -0.25) is 0 Å². The van der Waals surface area contributed by atoms with Gasteiger partial charge in [0.1, 0.15) is 0 Å². The standard InChI is InChI=1S/C13H21N5O2S/c1-3-18-10-13(8-12(18)9-14-2)21(19,20)16-5-7-17-6-4-15-11-17/h4,6,8,10-11,14,16H,3,5,7,9H2,1-2H3. The summed E-state index contributed by atoms with van der Waals surface area (Å²) in [4.78, 5) is 4.22. The number of aromatic nitrogens is 3. The molecule has 0 radical (unpaired) electrons. The number of nitrogens with zero attached hydrogens (tertiary/aromatic N) is 3. The second-order valence-electron chi connectivity index (χ2n) is 4.68. The molecule has 0 atom stereocenters. The maximum Gasteiger partial charge on any atom is 0.242 e. The van der Waals surface area contributed by atoms with Gasteiger partial charge in [-0.1, -0.05) is 0 Å². The van der Waals surface area contributed by atoms with Crippen molar-refractivity contribution in [1.82, 2.24) is 24.2 Å². The zero-order valence-corrected chi connectivity index (χ0v) is 13.1. The molecule has 0 spiro atoms. The molecule has 2 aromatic heterocycles. The molecule has 116 valence electrons. The molecule has 0 fully saturated rings. The molecule has 0 saturated heterocycles. The fourth-order valence-corrected chi connectivity index (χ4v) is 3.19. The topological polar surface area (TPSA) is 81.0 Å². The molecular formula is C13H21N5O2S. The van der Waals surface area contributed by atoms with Crippen molar-refractivity contribution in [2.75, 3.05) is 13.6 Å². The van der Waals surface area contributed by atoms with Crippen molar-refractivity contribution in [3.63, 3.8) is 0 Å². The Kier molecular flexibility index (Phi) is 5.16. The maximum atomic E-state index is 12.3. The van der Waals surface area contributed by atoms with Crippen molar-refractivity contribution in [2.24, 2.45) is 0 Å². The van der Waals surface area contributed by atoms with Crippen molar-refractivity contribution >= 4 is 10.0 Å². The molecule has 2 N–H and O–H groups in total. The van der Waals surface area contributed by atoms with E-state index in [0.717, 1.165) is 12.2 Å². The van der Waals surface area contributed by atoms with Gasteiger partial charge in [-0.2, -0.15) is 0 Å². The fourth-order valence-electron chi connectivity index (χ4n) is 2.11. The molecule has 0 aromatic carbocycles. The van der Waals surface area contributed by atoms with Crippen LogP contribution in [-0.4, -0.2) is 36.1 Å². The second-order valence-corrected chi connectivity index (χ2v) is 6.45. The van der Waals surface area contributed by atoms with E-state index in [4.69, 9.17) is 0 Å². The van der Waals surface area contributed by atoms with Crippen LogP contribution in [0.15, 0.2) is 35.9 Å². The van der Waals surface area contributed by atoms with Gasteiger partial charge in [0.2, 0.25) is 10.0 Å². The zero-order valence-electron chi connectivity index (χ0n) is 12.3. The van der Waals surface area contributed by atoms with Gasteiger partial charge in [-0.25, -0.2) is 18.1 Å². The second kappa shape index (κ2) is 6.88. The smallest absolute Gasteiger partial charge is 0.242 e. The first-order chi connectivity index (χ1) is 10.1. The molecule has 2 heterocycles. The molecular weight excluding hydrogens is 290 g/mol. The van der Waals surface area contributed by atoms with Gasteiger partial charge in [0, 0.05) is 50.5 Å². The minimum Gasteiger partial charge on any atom is -0.349 e. The van der Waals surface area contributed by atoms with E-state index in [2.05, 4.69) is 15.0 Å². The summed E-state index contributed by atoms with van der Waals surface area (Å²) in [5, 5.41) is 3.04. The van der Waals surface area contributed by atoms with E-state index in [1.165, 1.54) is 0 Å². The molecule has 7 nitrogen and oxygen atoms in total. The van der Waals surface area contributed by atoms with Crippen LogP contribution in [0.4, 0.5) is 0 Å². The van der Waals surface area contributed by atoms with Crippen LogP contribution in [0.3, 0.4) is 0 Å². The van der Waals surface area contributed by atoms with Crippen molar-refractivity contribution in [1.29, 1.82) is 0 Å². The van der Waals surface area contributed by atoms with Gasteiger partial charge in [-0.05, 0) is 20.0 Å². The number of hydrogen-bond donors (Lipinski definition) is 2. The normalized spacial score (nSPS) is 11.9. The Hall–Kier alpha value is -1.64. The Balaban J connectivity index is 2.04. The Morgan fingerprint density at radius 3 is 2.81 bits per heavy atom. The largest absolute Gasteiger partial charge is 0.349 e. The number of nitrogens with one attached hydrogen (secondary N) is 2. The van der Waals surface area contributed by atoms with E-state index in [1.807, 2.05) is 23.1 Å². The SMILES string of the molecule is CCn1cc(S(=O)(=O)NCCn2ccnc2)cc1CNC. The molecule has 2 aromatic rings. The highest BCUT2D eigenvalue weighted by Gasteiger charge is 2.17. The van der Waals surface area contributed by atoms with Gasteiger partial charge in [0.25, 0.3) is 0 Å². The Labute approximate surface area is 125 Å². The van der Waals surface area contributed by atoms with Crippen LogP contribution in [0.2, 0.25) is 0 Å². The molecule has 2 rings (SSSR count). The molecule has 0 bridgehead atoms. The van der Waals surface area contributed by atoms with Crippen LogP contribution < -0.4 is 10.0 Å². The third-order valence-electron chi connectivity index (χ3n) is 3.19. The molecule has 0 saturated carbocycles. The van der Waals surface area contributed by atoms with Crippen molar-refractivity contribution in [2.45, 2.75) is 31.5 Å². The fraction of sp³-hybridized carbons (Fsp3) is 0.462. The minimum atomic E-state index is -3.48. The van der Waals surface area contributed by atoms with E-state index in [0.29, 0.717) is 24.5 Å². The highest BCUT2D eigenvalue weighted by molar-refractivity contribution is 7.89. The van der Waals surface area contributed by atoms with Gasteiger partial charge >= 0.3 is 0 Å². The monoisotopic (exact) mass is 311 g/mol. The molecule has 0 aliphatic carbocycles.